The van der Waals surface area contributed by atoms with Gasteiger partial charge in [0.15, 0.2) is 0 Å². The number of hydrogen-bond donors (Lipinski definition) is 1. The van der Waals surface area contributed by atoms with Crippen LogP contribution in [0.4, 0.5) is 4.79 Å². The number of aromatic nitrogens is 1. The van der Waals surface area contributed by atoms with Crippen molar-refractivity contribution in [3.05, 3.63) is 59.4 Å². The standard InChI is InChI=1S/C21H28N4O2/c1-4-22-21(27)23(5-2)15-19(26)25-14-13-24-12-8-11-18(24)20(25)17-10-7-6-9-16(17)3/h6-12,20H,4-5,13-15H2,1-3H3,(H,22,27)/t20-/m1/s1. The molecule has 1 atom stereocenters. The summed E-state index contributed by atoms with van der Waals surface area (Å²) in [5, 5.41) is 2.78. The highest BCUT2D eigenvalue weighted by Crippen LogP contribution is 2.34. The van der Waals surface area contributed by atoms with Gasteiger partial charge in [0.2, 0.25) is 5.91 Å². The van der Waals surface area contributed by atoms with Crippen LogP contribution in [0, 0.1) is 6.92 Å². The summed E-state index contributed by atoms with van der Waals surface area (Å²) in [5.74, 6) is -0.0243. The molecular weight excluding hydrogens is 340 g/mol. The zero-order chi connectivity index (χ0) is 19.4. The first-order chi connectivity index (χ1) is 13.1. The number of fused-ring (bicyclic) bond motifs is 1. The SMILES string of the molecule is CCNC(=O)N(CC)CC(=O)N1CCn2cccc2[C@H]1c1ccccc1C. The molecule has 0 radical (unpaired) electrons. The lowest BCUT2D eigenvalue weighted by Crippen LogP contribution is -2.49. The van der Waals surface area contributed by atoms with Crippen molar-refractivity contribution in [2.75, 3.05) is 26.2 Å². The van der Waals surface area contributed by atoms with Gasteiger partial charge in [-0.1, -0.05) is 24.3 Å². The van der Waals surface area contributed by atoms with Gasteiger partial charge in [-0.2, -0.15) is 0 Å². The van der Waals surface area contributed by atoms with Crippen molar-refractivity contribution >= 4 is 11.9 Å². The monoisotopic (exact) mass is 368 g/mol. The Morgan fingerprint density at radius 1 is 1.15 bits per heavy atom. The molecule has 1 aliphatic heterocycles. The third kappa shape index (κ3) is 3.84. The number of urea groups is 1. The van der Waals surface area contributed by atoms with Gasteiger partial charge in [0, 0.05) is 38.1 Å². The van der Waals surface area contributed by atoms with Gasteiger partial charge in [-0.05, 0) is 44.0 Å². The summed E-state index contributed by atoms with van der Waals surface area (Å²) in [6.45, 7) is 8.38. The Hall–Kier alpha value is -2.76. The van der Waals surface area contributed by atoms with Crippen molar-refractivity contribution < 1.29 is 9.59 Å². The van der Waals surface area contributed by atoms with Crippen molar-refractivity contribution in [1.29, 1.82) is 0 Å². The van der Waals surface area contributed by atoms with Crippen LogP contribution >= 0.6 is 0 Å². The number of rotatable bonds is 5. The van der Waals surface area contributed by atoms with Gasteiger partial charge >= 0.3 is 6.03 Å². The summed E-state index contributed by atoms with van der Waals surface area (Å²) < 4.78 is 2.21. The average Bonchev–Trinajstić information content (AvgIpc) is 3.14. The van der Waals surface area contributed by atoms with Crippen LogP contribution in [0.3, 0.4) is 0 Å². The second-order valence-corrected chi connectivity index (χ2v) is 6.82. The lowest BCUT2D eigenvalue weighted by molar-refractivity contribution is -0.134. The number of hydrogen-bond acceptors (Lipinski definition) is 2. The fourth-order valence-electron chi connectivity index (χ4n) is 3.72. The maximum atomic E-state index is 13.2. The molecule has 2 aromatic rings. The van der Waals surface area contributed by atoms with E-state index in [1.165, 1.54) is 0 Å². The van der Waals surface area contributed by atoms with E-state index in [-0.39, 0.29) is 24.5 Å². The third-order valence-corrected chi connectivity index (χ3v) is 5.16. The number of carbonyl (C=O) groups is 2. The predicted octanol–water partition coefficient (Wildman–Crippen LogP) is 2.78. The fourth-order valence-corrected chi connectivity index (χ4v) is 3.72. The number of amides is 3. The maximum Gasteiger partial charge on any atom is 0.317 e. The minimum Gasteiger partial charge on any atom is -0.348 e. The lowest BCUT2D eigenvalue weighted by Gasteiger charge is -2.39. The van der Waals surface area contributed by atoms with Gasteiger partial charge in [-0.3, -0.25) is 4.79 Å². The van der Waals surface area contributed by atoms with Gasteiger partial charge in [0.1, 0.15) is 6.54 Å². The molecule has 0 spiro atoms. The first-order valence-electron chi connectivity index (χ1n) is 9.59. The Balaban J connectivity index is 1.90. The van der Waals surface area contributed by atoms with Crippen molar-refractivity contribution in [3.63, 3.8) is 0 Å². The van der Waals surface area contributed by atoms with Crippen LogP contribution in [0.15, 0.2) is 42.6 Å². The Kier molecular flexibility index (Phi) is 5.84. The van der Waals surface area contributed by atoms with Crippen LogP contribution in [0.5, 0.6) is 0 Å². The number of likely N-dealkylation sites (N-methyl/N-ethyl adjacent to an activating group) is 1. The molecule has 3 rings (SSSR count). The number of nitrogens with one attached hydrogen (secondary N) is 1. The lowest BCUT2D eigenvalue weighted by atomic mass is 9.95. The van der Waals surface area contributed by atoms with Gasteiger partial charge in [0.25, 0.3) is 0 Å². The van der Waals surface area contributed by atoms with E-state index in [2.05, 4.69) is 41.2 Å². The number of benzene rings is 1. The van der Waals surface area contributed by atoms with Crippen LogP contribution in [-0.4, -0.2) is 52.5 Å². The van der Waals surface area contributed by atoms with Gasteiger partial charge in [-0.15, -0.1) is 0 Å². The Morgan fingerprint density at radius 2 is 1.93 bits per heavy atom. The molecule has 3 amide bonds. The number of aryl methyl sites for hydroxylation is 1. The molecule has 0 bridgehead atoms. The summed E-state index contributed by atoms with van der Waals surface area (Å²) >= 11 is 0. The molecule has 6 nitrogen and oxygen atoms in total. The molecule has 1 N–H and O–H groups in total. The summed E-state index contributed by atoms with van der Waals surface area (Å²) in [4.78, 5) is 28.9. The predicted molar refractivity (Wildman–Crippen MR) is 105 cm³/mol. The number of nitrogens with zero attached hydrogens (tertiary/aromatic N) is 3. The molecule has 0 saturated heterocycles. The Morgan fingerprint density at radius 3 is 2.63 bits per heavy atom. The van der Waals surface area contributed by atoms with E-state index < -0.39 is 0 Å². The molecule has 0 unspecified atom stereocenters. The molecule has 0 aliphatic carbocycles. The molecule has 1 aromatic heterocycles. The van der Waals surface area contributed by atoms with Crippen LogP contribution in [-0.2, 0) is 11.3 Å². The van der Waals surface area contributed by atoms with Crippen LogP contribution in [0.2, 0.25) is 0 Å². The van der Waals surface area contributed by atoms with E-state index in [0.717, 1.165) is 23.4 Å². The number of carbonyl (C=O) groups excluding carboxylic acids is 2. The normalized spacial score (nSPS) is 16.0. The van der Waals surface area contributed by atoms with E-state index in [1.807, 2.05) is 36.9 Å². The third-order valence-electron chi connectivity index (χ3n) is 5.16. The molecule has 1 aromatic carbocycles. The summed E-state index contributed by atoms with van der Waals surface area (Å²) in [6, 6.07) is 12.0. The zero-order valence-electron chi connectivity index (χ0n) is 16.3. The second kappa shape index (κ2) is 8.29. The van der Waals surface area contributed by atoms with Gasteiger partial charge in [0.05, 0.1) is 6.04 Å². The van der Waals surface area contributed by atoms with E-state index in [0.29, 0.717) is 19.6 Å². The second-order valence-electron chi connectivity index (χ2n) is 6.82. The molecule has 0 saturated carbocycles. The van der Waals surface area contributed by atoms with Crippen molar-refractivity contribution in [1.82, 2.24) is 19.7 Å². The highest BCUT2D eigenvalue weighted by atomic mass is 16.2. The minimum absolute atomic E-state index is 0.0243. The van der Waals surface area contributed by atoms with Crippen molar-refractivity contribution in [3.8, 4) is 0 Å². The highest BCUT2D eigenvalue weighted by Gasteiger charge is 2.33. The summed E-state index contributed by atoms with van der Waals surface area (Å²) in [7, 11) is 0. The largest absolute Gasteiger partial charge is 0.348 e. The molecule has 2 heterocycles. The molecule has 6 heteroatoms. The average molecular weight is 368 g/mol. The van der Waals surface area contributed by atoms with E-state index in [4.69, 9.17) is 0 Å². The molecule has 27 heavy (non-hydrogen) atoms. The fraction of sp³-hybridized carbons (Fsp3) is 0.429. The Bertz CT molecular complexity index is 814. The molecule has 1 aliphatic rings. The molecule has 144 valence electrons. The summed E-state index contributed by atoms with van der Waals surface area (Å²) in [6.07, 6.45) is 2.06. The van der Waals surface area contributed by atoms with E-state index >= 15 is 0 Å². The van der Waals surface area contributed by atoms with Gasteiger partial charge in [-0.25, -0.2) is 4.79 Å². The maximum absolute atomic E-state index is 13.2. The van der Waals surface area contributed by atoms with Crippen molar-refractivity contribution in [2.45, 2.75) is 33.4 Å². The Labute approximate surface area is 160 Å². The quantitative estimate of drug-likeness (QED) is 0.882. The smallest absolute Gasteiger partial charge is 0.317 e. The van der Waals surface area contributed by atoms with E-state index in [1.54, 1.807) is 4.90 Å². The van der Waals surface area contributed by atoms with Gasteiger partial charge < -0.3 is 19.7 Å². The zero-order valence-corrected chi connectivity index (χ0v) is 16.3. The molecular formula is C21H28N4O2. The summed E-state index contributed by atoms with van der Waals surface area (Å²) in [5.41, 5.74) is 3.41. The van der Waals surface area contributed by atoms with Crippen LogP contribution in [0.25, 0.3) is 0 Å². The first kappa shape index (κ1) is 19.0. The highest BCUT2D eigenvalue weighted by molar-refractivity contribution is 5.84. The topological polar surface area (TPSA) is 57.6 Å². The van der Waals surface area contributed by atoms with Crippen LogP contribution in [0.1, 0.15) is 36.7 Å². The van der Waals surface area contributed by atoms with Crippen LogP contribution < -0.4 is 5.32 Å². The molecule has 0 fully saturated rings. The van der Waals surface area contributed by atoms with Crippen molar-refractivity contribution in [2.24, 2.45) is 0 Å². The first-order valence-corrected chi connectivity index (χ1v) is 9.59. The minimum atomic E-state index is -0.193. The van der Waals surface area contributed by atoms with E-state index in [9.17, 15) is 9.59 Å².